The molecular weight excluding hydrogens is 321 g/mol. The molecule has 0 amide bonds. The zero-order valence-corrected chi connectivity index (χ0v) is 10.2. The molecule has 0 unspecified atom stereocenters. The fourth-order valence-corrected chi connectivity index (χ4v) is 1.78. The van der Waals surface area contributed by atoms with Crippen LogP contribution in [-0.2, 0) is 22.9 Å². The summed E-state index contributed by atoms with van der Waals surface area (Å²) in [5.74, 6) is -1.53. The van der Waals surface area contributed by atoms with Crippen LogP contribution in [0.2, 0.25) is 0 Å². The van der Waals surface area contributed by atoms with Crippen LogP contribution >= 0.6 is 0 Å². The number of benzene rings is 1. The van der Waals surface area contributed by atoms with Crippen LogP contribution in [0.3, 0.4) is 0 Å². The average molecular weight is 326 g/mol. The summed E-state index contributed by atoms with van der Waals surface area (Å²) in [6, 6.07) is -0.136. The number of halogens is 7. The van der Waals surface area contributed by atoms with E-state index in [4.69, 9.17) is 0 Å². The number of hydrogen-bond acceptors (Lipinski definition) is 3. The van der Waals surface area contributed by atoms with E-state index in [9.17, 15) is 38.6 Å². The molecule has 3 nitrogen and oxygen atoms in total. The van der Waals surface area contributed by atoms with Gasteiger partial charge in [-0.1, -0.05) is 3.89 Å². The summed E-state index contributed by atoms with van der Waals surface area (Å²) in [4.78, 5) is 0. The Morgan fingerprint density at radius 2 is 1.50 bits per heavy atom. The lowest BCUT2D eigenvalue weighted by atomic mass is 10.0. The van der Waals surface area contributed by atoms with Gasteiger partial charge in [0.05, 0.1) is 5.56 Å². The summed E-state index contributed by atoms with van der Waals surface area (Å²) in [5, 5.41) is 0. The van der Waals surface area contributed by atoms with E-state index in [1.54, 1.807) is 0 Å². The molecule has 0 aliphatic heterocycles. The molecule has 0 saturated carbocycles. The first-order valence-corrected chi connectivity index (χ1v) is 5.96. The summed E-state index contributed by atoms with van der Waals surface area (Å²) < 4.78 is 111. The van der Waals surface area contributed by atoms with E-state index in [0.29, 0.717) is 0 Å². The number of hydrogen-bond donors (Lipinski definition) is 0. The number of rotatable bonds is 2. The highest BCUT2D eigenvalue weighted by Gasteiger charge is 2.40. The van der Waals surface area contributed by atoms with E-state index in [2.05, 4.69) is 4.18 Å². The minimum atomic E-state index is -5.81. The van der Waals surface area contributed by atoms with Crippen molar-refractivity contribution in [3.05, 3.63) is 28.8 Å². The summed E-state index contributed by atoms with van der Waals surface area (Å²) in [6.07, 6.45) is -10.4. The summed E-state index contributed by atoms with van der Waals surface area (Å²) >= 11 is 0. The second-order valence-corrected chi connectivity index (χ2v) is 4.59. The molecule has 114 valence electrons. The molecule has 0 spiro atoms. The predicted octanol–water partition coefficient (Wildman–Crippen LogP) is 3.63. The highest BCUT2D eigenvalue weighted by molar-refractivity contribution is 7.81. The van der Waals surface area contributed by atoms with E-state index in [1.807, 2.05) is 0 Å². The lowest BCUT2D eigenvalue weighted by molar-refractivity contribution is -0.143. The maximum atomic E-state index is 12.6. The monoisotopic (exact) mass is 326 g/mol. The van der Waals surface area contributed by atoms with E-state index in [0.717, 1.165) is 6.92 Å². The number of aryl methyl sites for hydroxylation is 1. The predicted molar refractivity (Wildman–Crippen MR) is 51.8 cm³/mol. The van der Waals surface area contributed by atoms with Crippen LogP contribution in [0.1, 0.15) is 16.7 Å². The molecule has 20 heavy (non-hydrogen) atoms. The Kier molecular flexibility index (Phi) is 3.96. The van der Waals surface area contributed by atoms with Gasteiger partial charge in [-0.05, 0) is 24.6 Å². The molecule has 0 radical (unpaired) electrons. The Morgan fingerprint density at radius 3 is 1.85 bits per heavy atom. The highest BCUT2D eigenvalue weighted by Crippen LogP contribution is 2.42. The van der Waals surface area contributed by atoms with E-state index in [1.165, 1.54) is 0 Å². The van der Waals surface area contributed by atoms with Crippen LogP contribution in [0.4, 0.5) is 30.2 Å². The third kappa shape index (κ3) is 3.99. The van der Waals surface area contributed by atoms with Gasteiger partial charge in [-0.3, -0.25) is 0 Å². The van der Waals surface area contributed by atoms with Gasteiger partial charge in [0.2, 0.25) is 0 Å². The SMILES string of the molecule is Cc1cc(C(F)(F)F)cc(C(F)(F)F)c1OS(=O)(=O)F. The standard InChI is InChI=1S/C9H5F7O3S/c1-4-2-5(8(10,11)12)3-6(9(13,14)15)7(4)19-20(16,17)18/h2-3H,1H3. The second kappa shape index (κ2) is 4.79. The Labute approximate surface area is 108 Å². The quantitative estimate of drug-likeness (QED) is 0.616. The molecule has 0 saturated heterocycles. The van der Waals surface area contributed by atoms with Gasteiger partial charge in [0, 0.05) is 0 Å². The molecular formula is C9H5F7O3S. The average Bonchev–Trinajstić information content (AvgIpc) is 2.15. The molecule has 1 rings (SSSR count). The van der Waals surface area contributed by atoms with Crippen molar-refractivity contribution in [3.8, 4) is 5.75 Å². The van der Waals surface area contributed by atoms with Gasteiger partial charge in [0.1, 0.15) is 5.56 Å². The van der Waals surface area contributed by atoms with E-state index >= 15 is 0 Å². The number of alkyl halides is 6. The van der Waals surface area contributed by atoms with Crippen LogP contribution in [0.25, 0.3) is 0 Å². The molecule has 11 heteroatoms. The summed E-state index contributed by atoms with van der Waals surface area (Å²) in [6.45, 7) is 0.727. The first-order chi connectivity index (χ1) is 8.72. The Bertz CT molecular complexity index is 616. The van der Waals surface area contributed by atoms with Crippen molar-refractivity contribution in [2.75, 3.05) is 0 Å². The van der Waals surface area contributed by atoms with Crippen molar-refractivity contribution >= 4 is 10.5 Å². The molecule has 0 heterocycles. The maximum absolute atomic E-state index is 12.6. The largest absolute Gasteiger partial charge is 0.488 e. The molecule has 1 aromatic rings. The summed E-state index contributed by atoms with van der Waals surface area (Å²) in [7, 11) is -5.81. The molecule has 0 atom stereocenters. The maximum Gasteiger partial charge on any atom is 0.488 e. The van der Waals surface area contributed by atoms with Crippen molar-refractivity contribution < 1.29 is 42.8 Å². The molecule has 0 aromatic heterocycles. The molecule has 0 aliphatic carbocycles. The van der Waals surface area contributed by atoms with Gasteiger partial charge < -0.3 is 4.18 Å². The van der Waals surface area contributed by atoms with Crippen molar-refractivity contribution in [3.63, 3.8) is 0 Å². The van der Waals surface area contributed by atoms with Gasteiger partial charge >= 0.3 is 22.9 Å². The topological polar surface area (TPSA) is 43.4 Å². The molecule has 1 aromatic carbocycles. The first-order valence-electron chi connectivity index (χ1n) is 4.65. The molecule has 0 fully saturated rings. The van der Waals surface area contributed by atoms with Gasteiger partial charge in [0.25, 0.3) is 0 Å². The first kappa shape index (κ1) is 16.5. The minimum absolute atomic E-state index is 0.218. The van der Waals surface area contributed by atoms with Gasteiger partial charge in [-0.25, -0.2) is 0 Å². The van der Waals surface area contributed by atoms with Crippen molar-refractivity contribution in [2.45, 2.75) is 19.3 Å². The zero-order chi connectivity index (χ0) is 15.9. The summed E-state index contributed by atoms with van der Waals surface area (Å²) in [5.41, 5.74) is -4.52. The normalized spacial score (nSPS) is 13.4. The lowest BCUT2D eigenvalue weighted by Gasteiger charge is -2.16. The third-order valence-electron chi connectivity index (χ3n) is 2.09. The van der Waals surface area contributed by atoms with Crippen molar-refractivity contribution in [2.24, 2.45) is 0 Å². The van der Waals surface area contributed by atoms with Gasteiger partial charge in [-0.2, -0.15) is 34.8 Å². The fraction of sp³-hybridized carbons (Fsp3) is 0.333. The lowest BCUT2D eigenvalue weighted by Crippen LogP contribution is -2.15. The van der Waals surface area contributed by atoms with Crippen LogP contribution in [0.5, 0.6) is 5.75 Å². The Morgan fingerprint density at radius 1 is 1.00 bits per heavy atom. The van der Waals surface area contributed by atoms with Gasteiger partial charge in [-0.15, -0.1) is 0 Å². The van der Waals surface area contributed by atoms with E-state index < -0.39 is 45.3 Å². The second-order valence-electron chi connectivity index (χ2n) is 3.64. The zero-order valence-electron chi connectivity index (χ0n) is 9.43. The Hall–Kier alpha value is -1.52. The smallest absolute Gasteiger partial charge is 0.357 e. The van der Waals surface area contributed by atoms with Crippen LogP contribution < -0.4 is 4.18 Å². The van der Waals surface area contributed by atoms with E-state index in [-0.39, 0.29) is 12.1 Å². The van der Waals surface area contributed by atoms with Crippen LogP contribution in [-0.4, -0.2) is 8.42 Å². The molecule has 0 N–H and O–H groups in total. The minimum Gasteiger partial charge on any atom is -0.357 e. The fourth-order valence-electron chi connectivity index (χ4n) is 1.36. The molecule has 0 aliphatic rings. The van der Waals surface area contributed by atoms with Crippen LogP contribution in [0, 0.1) is 6.92 Å². The van der Waals surface area contributed by atoms with Crippen molar-refractivity contribution in [1.82, 2.24) is 0 Å². The Balaban J connectivity index is 3.60. The third-order valence-corrected chi connectivity index (χ3v) is 2.46. The highest BCUT2D eigenvalue weighted by atomic mass is 32.3. The van der Waals surface area contributed by atoms with Crippen LogP contribution in [0.15, 0.2) is 12.1 Å². The van der Waals surface area contributed by atoms with Gasteiger partial charge in [0.15, 0.2) is 5.75 Å². The molecule has 0 bridgehead atoms. The van der Waals surface area contributed by atoms with Crippen molar-refractivity contribution in [1.29, 1.82) is 0 Å².